The van der Waals surface area contributed by atoms with Crippen molar-refractivity contribution in [2.24, 2.45) is 0 Å². The maximum Gasteiger partial charge on any atom is 0.0726 e. The van der Waals surface area contributed by atoms with Crippen molar-refractivity contribution >= 4 is 22.3 Å². The number of hydrogen-bond donors (Lipinski definition) is 1. The van der Waals surface area contributed by atoms with Gasteiger partial charge in [0.15, 0.2) is 0 Å². The van der Waals surface area contributed by atoms with Gasteiger partial charge in [-0.3, -0.25) is 4.98 Å². The Bertz CT molecular complexity index is 880. The molecule has 0 saturated carbocycles. The molecule has 1 aliphatic carbocycles. The first-order chi connectivity index (χ1) is 11.2. The minimum Gasteiger partial charge on any atom is -0.355 e. The number of rotatable bonds is 2. The van der Waals surface area contributed by atoms with Crippen LogP contribution in [0.25, 0.3) is 10.9 Å². The zero-order valence-electron chi connectivity index (χ0n) is 13.8. The normalized spacial score (nSPS) is 13.8. The zero-order chi connectivity index (χ0) is 15.8. The summed E-state index contributed by atoms with van der Waals surface area (Å²) < 4.78 is 0. The average molecular weight is 302 g/mol. The topological polar surface area (TPSA) is 24.9 Å². The maximum absolute atomic E-state index is 4.91. The second-order valence-corrected chi connectivity index (χ2v) is 6.56. The first kappa shape index (κ1) is 14.3. The Morgan fingerprint density at radius 2 is 1.74 bits per heavy atom. The largest absolute Gasteiger partial charge is 0.355 e. The fraction of sp³-hybridized carbons (Fsp3) is 0.286. The Labute approximate surface area is 137 Å². The SMILES string of the molecule is Cc1ccc(Nc2c3c(nc4ccccc24)CCCC3)cc1C. The summed E-state index contributed by atoms with van der Waals surface area (Å²) in [6.07, 6.45) is 4.73. The van der Waals surface area contributed by atoms with E-state index in [1.807, 2.05) is 0 Å². The lowest BCUT2D eigenvalue weighted by Gasteiger charge is -2.22. The summed E-state index contributed by atoms with van der Waals surface area (Å²) in [5.41, 5.74) is 8.86. The van der Waals surface area contributed by atoms with Crippen LogP contribution in [0.3, 0.4) is 0 Å². The summed E-state index contributed by atoms with van der Waals surface area (Å²) in [7, 11) is 0. The molecule has 0 radical (unpaired) electrons. The second kappa shape index (κ2) is 5.69. The molecule has 2 nitrogen and oxygen atoms in total. The molecule has 3 aromatic rings. The van der Waals surface area contributed by atoms with Gasteiger partial charge in [-0.05, 0) is 74.4 Å². The zero-order valence-corrected chi connectivity index (χ0v) is 13.8. The van der Waals surface area contributed by atoms with E-state index in [-0.39, 0.29) is 0 Å². The molecule has 0 unspecified atom stereocenters. The number of aryl methyl sites for hydroxylation is 3. The quantitative estimate of drug-likeness (QED) is 0.678. The predicted octanol–water partition coefficient (Wildman–Crippen LogP) is 5.47. The Hall–Kier alpha value is -2.35. The van der Waals surface area contributed by atoms with Gasteiger partial charge >= 0.3 is 0 Å². The van der Waals surface area contributed by atoms with Crippen molar-refractivity contribution in [2.75, 3.05) is 5.32 Å². The number of fused-ring (bicyclic) bond motifs is 2. The van der Waals surface area contributed by atoms with Crippen LogP contribution in [0.4, 0.5) is 11.4 Å². The van der Waals surface area contributed by atoms with E-state index < -0.39 is 0 Å². The highest BCUT2D eigenvalue weighted by Crippen LogP contribution is 2.35. The molecule has 0 atom stereocenters. The molecule has 0 spiro atoms. The van der Waals surface area contributed by atoms with Crippen LogP contribution < -0.4 is 5.32 Å². The van der Waals surface area contributed by atoms with Gasteiger partial charge in [0.1, 0.15) is 0 Å². The van der Waals surface area contributed by atoms with Crippen LogP contribution in [0.5, 0.6) is 0 Å². The van der Waals surface area contributed by atoms with Crippen molar-refractivity contribution in [3.63, 3.8) is 0 Å². The lowest BCUT2D eigenvalue weighted by molar-refractivity contribution is 0.672. The lowest BCUT2D eigenvalue weighted by Crippen LogP contribution is -2.09. The van der Waals surface area contributed by atoms with Gasteiger partial charge in [0, 0.05) is 16.8 Å². The molecule has 0 bridgehead atoms. The summed E-state index contributed by atoms with van der Waals surface area (Å²) in [6.45, 7) is 4.32. The van der Waals surface area contributed by atoms with Gasteiger partial charge in [0.05, 0.1) is 11.2 Å². The van der Waals surface area contributed by atoms with Gasteiger partial charge in [-0.25, -0.2) is 0 Å². The molecule has 2 heteroatoms. The van der Waals surface area contributed by atoms with Crippen molar-refractivity contribution in [1.82, 2.24) is 4.98 Å². The number of benzene rings is 2. The number of aromatic nitrogens is 1. The standard InChI is InChI=1S/C21H22N2/c1-14-11-12-16(13-15(14)2)22-21-17-7-3-5-9-19(17)23-20-10-6-4-8-18(20)21/h3,5,7,9,11-13H,4,6,8,10H2,1-2H3,(H,22,23). The third-order valence-corrected chi connectivity index (χ3v) is 4.95. The molecule has 0 fully saturated rings. The van der Waals surface area contributed by atoms with E-state index in [4.69, 9.17) is 4.98 Å². The van der Waals surface area contributed by atoms with E-state index in [9.17, 15) is 0 Å². The predicted molar refractivity (Wildman–Crippen MR) is 97.6 cm³/mol. The fourth-order valence-corrected chi connectivity index (χ4v) is 3.48. The number of anilines is 2. The van der Waals surface area contributed by atoms with Gasteiger partial charge in [-0.1, -0.05) is 24.3 Å². The smallest absolute Gasteiger partial charge is 0.0726 e. The number of para-hydroxylation sites is 1. The highest BCUT2D eigenvalue weighted by atomic mass is 14.9. The van der Waals surface area contributed by atoms with Crippen LogP contribution in [-0.4, -0.2) is 4.98 Å². The van der Waals surface area contributed by atoms with Crippen LogP contribution in [0.2, 0.25) is 0 Å². The minimum atomic E-state index is 1.10. The van der Waals surface area contributed by atoms with Crippen LogP contribution in [0, 0.1) is 13.8 Å². The molecule has 1 N–H and O–H groups in total. The van der Waals surface area contributed by atoms with E-state index in [0.29, 0.717) is 0 Å². The lowest BCUT2D eigenvalue weighted by atomic mass is 9.92. The van der Waals surface area contributed by atoms with Crippen LogP contribution >= 0.6 is 0 Å². The molecule has 116 valence electrons. The molecule has 0 saturated heterocycles. The Morgan fingerprint density at radius 1 is 0.913 bits per heavy atom. The van der Waals surface area contributed by atoms with Gasteiger partial charge in [0.25, 0.3) is 0 Å². The molecular weight excluding hydrogens is 280 g/mol. The third-order valence-electron chi connectivity index (χ3n) is 4.95. The molecule has 4 rings (SSSR count). The number of nitrogens with one attached hydrogen (secondary N) is 1. The van der Waals surface area contributed by atoms with Gasteiger partial charge < -0.3 is 5.32 Å². The molecule has 0 aliphatic heterocycles. The van der Waals surface area contributed by atoms with Crippen molar-refractivity contribution in [3.8, 4) is 0 Å². The van der Waals surface area contributed by atoms with Crippen molar-refractivity contribution in [1.29, 1.82) is 0 Å². The molecule has 0 amide bonds. The van der Waals surface area contributed by atoms with E-state index in [0.717, 1.165) is 24.0 Å². The minimum absolute atomic E-state index is 1.10. The number of nitrogens with zero attached hydrogens (tertiary/aromatic N) is 1. The Balaban J connectivity index is 1.88. The summed E-state index contributed by atoms with van der Waals surface area (Å²) in [5, 5.41) is 4.93. The molecule has 23 heavy (non-hydrogen) atoms. The van der Waals surface area contributed by atoms with E-state index >= 15 is 0 Å². The van der Waals surface area contributed by atoms with Gasteiger partial charge in [-0.15, -0.1) is 0 Å². The van der Waals surface area contributed by atoms with E-state index in [1.165, 1.54) is 46.3 Å². The summed E-state index contributed by atoms with van der Waals surface area (Å²) >= 11 is 0. The highest BCUT2D eigenvalue weighted by molar-refractivity contribution is 5.95. The second-order valence-electron chi connectivity index (χ2n) is 6.56. The summed E-state index contributed by atoms with van der Waals surface area (Å²) in [4.78, 5) is 4.91. The number of hydrogen-bond acceptors (Lipinski definition) is 2. The van der Waals surface area contributed by atoms with E-state index in [1.54, 1.807) is 0 Å². The van der Waals surface area contributed by atoms with Crippen LogP contribution in [0.1, 0.15) is 35.2 Å². The van der Waals surface area contributed by atoms with Crippen LogP contribution in [0.15, 0.2) is 42.5 Å². The molecule has 1 aromatic heterocycles. The monoisotopic (exact) mass is 302 g/mol. The first-order valence-electron chi connectivity index (χ1n) is 8.47. The first-order valence-corrected chi connectivity index (χ1v) is 8.47. The van der Waals surface area contributed by atoms with Crippen molar-refractivity contribution in [3.05, 3.63) is 64.8 Å². The molecule has 1 heterocycles. The van der Waals surface area contributed by atoms with Gasteiger partial charge in [0.2, 0.25) is 0 Å². The highest BCUT2D eigenvalue weighted by Gasteiger charge is 2.18. The molecular formula is C21H22N2. The number of pyridine rings is 1. The Kier molecular flexibility index (Phi) is 3.53. The van der Waals surface area contributed by atoms with Crippen molar-refractivity contribution in [2.45, 2.75) is 39.5 Å². The maximum atomic E-state index is 4.91. The summed E-state index contributed by atoms with van der Waals surface area (Å²) in [5.74, 6) is 0. The summed E-state index contributed by atoms with van der Waals surface area (Å²) in [6, 6.07) is 15.1. The van der Waals surface area contributed by atoms with Crippen LogP contribution in [-0.2, 0) is 12.8 Å². The fourth-order valence-electron chi connectivity index (χ4n) is 3.48. The Morgan fingerprint density at radius 3 is 2.61 bits per heavy atom. The van der Waals surface area contributed by atoms with Crippen molar-refractivity contribution < 1.29 is 0 Å². The molecule has 2 aromatic carbocycles. The van der Waals surface area contributed by atoms with E-state index in [2.05, 4.69) is 61.6 Å². The third kappa shape index (κ3) is 2.59. The van der Waals surface area contributed by atoms with Gasteiger partial charge in [-0.2, -0.15) is 0 Å². The molecule has 1 aliphatic rings. The average Bonchev–Trinajstić information content (AvgIpc) is 2.58.